The molecule has 1 saturated heterocycles. The summed E-state index contributed by atoms with van der Waals surface area (Å²) < 4.78 is 0. The van der Waals surface area contributed by atoms with E-state index in [1.165, 1.54) is 0 Å². The molecular weight excluding hydrogens is 242 g/mol. The van der Waals surface area contributed by atoms with Crippen molar-refractivity contribution in [1.29, 1.82) is 0 Å². The number of piperidine rings is 1. The Hall–Kier alpha value is -1.10. The van der Waals surface area contributed by atoms with Crippen LogP contribution in [0.25, 0.3) is 0 Å². The lowest BCUT2D eigenvalue weighted by Crippen LogP contribution is -2.58. The number of carbonyl (C=O) groups is 2. The van der Waals surface area contributed by atoms with Gasteiger partial charge in [0.05, 0.1) is 6.04 Å². The van der Waals surface area contributed by atoms with E-state index in [1.807, 2.05) is 27.7 Å². The highest BCUT2D eigenvalue weighted by molar-refractivity contribution is 5.90. The van der Waals surface area contributed by atoms with Crippen LogP contribution in [0.5, 0.6) is 0 Å². The van der Waals surface area contributed by atoms with Crippen LogP contribution in [-0.2, 0) is 9.59 Å². The number of amides is 2. The second-order valence-corrected chi connectivity index (χ2v) is 5.89. The first kappa shape index (κ1) is 16.0. The second kappa shape index (κ2) is 6.89. The van der Waals surface area contributed by atoms with Gasteiger partial charge in [-0.15, -0.1) is 0 Å². The molecule has 1 rings (SSSR count). The normalized spacial score (nSPS) is 21.9. The minimum absolute atomic E-state index is 0.0476. The molecule has 110 valence electrons. The summed E-state index contributed by atoms with van der Waals surface area (Å²) in [6.45, 7) is 10.4. The molecule has 2 amide bonds. The zero-order chi connectivity index (χ0) is 14.6. The lowest BCUT2D eigenvalue weighted by molar-refractivity contribution is -0.144. The molecule has 2 atom stereocenters. The highest BCUT2D eigenvalue weighted by Gasteiger charge is 2.34. The van der Waals surface area contributed by atoms with Crippen LogP contribution in [0.2, 0.25) is 0 Å². The lowest BCUT2D eigenvalue weighted by Gasteiger charge is -2.37. The average Bonchev–Trinajstić information content (AvgIpc) is 2.29. The van der Waals surface area contributed by atoms with Gasteiger partial charge in [-0.2, -0.15) is 0 Å². The number of likely N-dealkylation sites (tertiary alicyclic amines) is 1. The van der Waals surface area contributed by atoms with E-state index in [1.54, 1.807) is 11.8 Å². The number of hydrogen-bond acceptors (Lipinski definition) is 3. The fourth-order valence-corrected chi connectivity index (χ4v) is 2.39. The Balaban J connectivity index is 2.66. The first-order valence-corrected chi connectivity index (χ1v) is 7.19. The van der Waals surface area contributed by atoms with Crippen LogP contribution in [-0.4, -0.2) is 47.4 Å². The van der Waals surface area contributed by atoms with Crippen LogP contribution in [0.1, 0.15) is 47.5 Å². The molecule has 0 aromatic heterocycles. The standard InChI is InChI=1S/C14H27N3O2/c1-9(2)15-12-7-6-8-17(14(12)19)11(5)13(18)16-10(3)4/h9-12,15H,6-8H2,1-5H3,(H,16,18). The van der Waals surface area contributed by atoms with E-state index in [0.717, 1.165) is 12.8 Å². The SMILES string of the molecule is CC(C)NC(=O)C(C)N1CCCC(NC(C)C)C1=O. The summed E-state index contributed by atoms with van der Waals surface area (Å²) in [5, 5.41) is 6.14. The van der Waals surface area contributed by atoms with Crippen LogP contribution in [0, 0.1) is 0 Å². The molecule has 0 spiro atoms. The number of carbonyl (C=O) groups excluding carboxylic acids is 2. The molecule has 2 N–H and O–H groups in total. The molecular formula is C14H27N3O2. The first-order chi connectivity index (χ1) is 8.82. The molecule has 0 aromatic carbocycles. The van der Waals surface area contributed by atoms with Crippen molar-refractivity contribution >= 4 is 11.8 Å². The maximum absolute atomic E-state index is 12.4. The Morgan fingerprint density at radius 2 is 1.84 bits per heavy atom. The quantitative estimate of drug-likeness (QED) is 0.779. The van der Waals surface area contributed by atoms with Crippen LogP contribution >= 0.6 is 0 Å². The maximum atomic E-state index is 12.4. The van der Waals surface area contributed by atoms with Gasteiger partial charge in [0.25, 0.3) is 0 Å². The first-order valence-electron chi connectivity index (χ1n) is 7.19. The average molecular weight is 269 g/mol. The molecule has 2 unspecified atom stereocenters. The van der Waals surface area contributed by atoms with E-state index in [-0.39, 0.29) is 29.9 Å². The zero-order valence-corrected chi connectivity index (χ0v) is 12.7. The number of rotatable bonds is 5. The van der Waals surface area contributed by atoms with Crippen LogP contribution < -0.4 is 10.6 Å². The smallest absolute Gasteiger partial charge is 0.242 e. The molecule has 1 aliphatic heterocycles. The number of nitrogens with one attached hydrogen (secondary N) is 2. The van der Waals surface area contributed by atoms with Crippen molar-refractivity contribution in [1.82, 2.24) is 15.5 Å². The third kappa shape index (κ3) is 4.49. The maximum Gasteiger partial charge on any atom is 0.242 e. The molecule has 1 heterocycles. The van der Waals surface area contributed by atoms with Crippen LogP contribution in [0.4, 0.5) is 0 Å². The Labute approximate surface area is 116 Å². The van der Waals surface area contributed by atoms with Crippen molar-refractivity contribution in [3.05, 3.63) is 0 Å². The van der Waals surface area contributed by atoms with E-state index < -0.39 is 6.04 Å². The molecule has 0 radical (unpaired) electrons. The van der Waals surface area contributed by atoms with E-state index in [9.17, 15) is 9.59 Å². The van der Waals surface area contributed by atoms with Crippen molar-refractivity contribution in [3.63, 3.8) is 0 Å². The summed E-state index contributed by atoms with van der Waals surface area (Å²) in [5.41, 5.74) is 0. The minimum Gasteiger partial charge on any atom is -0.352 e. The second-order valence-electron chi connectivity index (χ2n) is 5.89. The van der Waals surface area contributed by atoms with E-state index in [0.29, 0.717) is 6.54 Å². The number of hydrogen-bond donors (Lipinski definition) is 2. The van der Waals surface area contributed by atoms with Gasteiger partial charge < -0.3 is 15.5 Å². The zero-order valence-electron chi connectivity index (χ0n) is 12.7. The Bertz CT molecular complexity index is 329. The molecule has 1 aliphatic rings. The van der Waals surface area contributed by atoms with Gasteiger partial charge in [0.1, 0.15) is 6.04 Å². The Morgan fingerprint density at radius 1 is 1.21 bits per heavy atom. The third-order valence-electron chi connectivity index (χ3n) is 3.29. The molecule has 5 nitrogen and oxygen atoms in total. The van der Waals surface area contributed by atoms with Gasteiger partial charge >= 0.3 is 0 Å². The third-order valence-corrected chi connectivity index (χ3v) is 3.29. The predicted octanol–water partition coefficient (Wildman–Crippen LogP) is 0.889. The highest BCUT2D eigenvalue weighted by atomic mass is 16.2. The summed E-state index contributed by atoms with van der Waals surface area (Å²) in [4.78, 5) is 26.1. The van der Waals surface area contributed by atoms with Crippen LogP contribution in [0.3, 0.4) is 0 Å². The fourth-order valence-electron chi connectivity index (χ4n) is 2.39. The van der Waals surface area contributed by atoms with Gasteiger partial charge in [0.15, 0.2) is 0 Å². The Morgan fingerprint density at radius 3 is 2.37 bits per heavy atom. The lowest BCUT2D eigenvalue weighted by atomic mass is 10.0. The molecule has 5 heteroatoms. The topological polar surface area (TPSA) is 61.4 Å². The van der Waals surface area contributed by atoms with Gasteiger partial charge in [-0.05, 0) is 33.6 Å². The Kier molecular flexibility index (Phi) is 5.79. The summed E-state index contributed by atoms with van der Waals surface area (Å²) in [5.74, 6) is -0.0279. The summed E-state index contributed by atoms with van der Waals surface area (Å²) >= 11 is 0. The van der Waals surface area contributed by atoms with Crippen molar-refractivity contribution in [2.45, 2.75) is 71.6 Å². The van der Waals surface area contributed by atoms with Gasteiger partial charge in [0, 0.05) is 18.6 Å². The van der Waals surface area contributed by atoms with Crippen molar-refractivity contribution in [2.75, 3.05) is 6.54 Å². The van der Waals surface area contributed by atoms with E-state index in [2.05, 4.69) is 10.6 Å². The fraction of sp³-hybridized carbons (Fsp3) is 0.857. The molecule has 0 saturated carbocycles. The molecule has 1 fully saturated rings. The molecule has 0 aliphatic carbocycles. The van der Waals surface area contributed by atoms with Gasteiger partial charge in [-0.3, -0.25) is 9.59 Å². The van der Waals surface area contributed by atoms with Crippen LogP contribution in [0.15, 0.2) is 0 Å². The largest absolute Gasteiger partial charge is 0.352 e. The highest BCUT2D eigenvalue weighted by Crippen LogP contribution is 2.15. The monoisotopic (exact) mass is 269 g/mol. The van der Waals surface area contributed by atoms with Gasteiger partial charge in [-0.25, -0.2) is 0 Å². The summed E-state index contributed by atoms with van der Waals surface area (Å²) in [6, 6.07) is -0.178. The molecule has 19 heavy (non-hydrogen) atoms. The predicted molar refractivity (Wildman–Crippen MR) is 75.7 cm³/mol. The van der Waals surface area contributed by atoms with Gasteiger partial charge in [-0.1, -0.05) is 13.8 Å². The molecule has 0 aromatic rings. The van der Waals surface area contributed by atoms with Gasteiger partial charge in [0.2, 0.25) is 11.8 Å². The van der Waals surface area contributed by atoms with Crippen molar-refractivity contribution in [2.24, 2.45) is 0 Å². The number of nitrogens with zero attached hydrogens (tertiary/aromatic N) is 1. The summed E-state index contributed by atoms with van der Waals surface area (Å²) in [6.07, 6.45) is 1.79. The van der Waals surface area contributed by atoms with E-state index in [4.69, 9.17) is 0 Å². The van der Waals surface area contributed by atoms with E-state index >= 15 is 0 Å². The minimum atomic E-state index is -0.397. The van der Waals surface area contributed by atoms with Crippen molar-refractivity contribution < 1.29 is 9.59 Å². The van der Waals surface area contributed by atoms with Crippen molar-refractivity contribution in [3.8, 4) is 0 Å². The molecule has 0 bridgehead atoms. The summed E-state index contributed by atoms with van der Waals surface area (Å²) in [7, 11) is 0.